The number of ether oxygens (including phenoxy) is 4. The highest BCUT2D eigenvalue weighted by atomic mass is 16.5. The number of benzene rings is 4. The maximum atomic E-state index is 6.16. The van der Waals surface area contributed by atoms with E-state index in [9.17, 15) is 0 Å². The first-order valence-electron chi connectivity index (χ1n) is 20.2. The van der Waals surface area contributed by atoms with Crippen molar-refractivity contribution in [3.8, 4) is 23.0 Å². The molecule has 0 atom stereocenters. The van der Waals surface area contributed by atoms with Crippen molar-refractivity contribution in [1.82, 2.24) is 29.7 Å². The van der Waals surface area contributed by atoms with Gasteiger partial charge in [-0.1, -0.05) is 48.5 Å². The van der Waals surface area contributed by atoms with E-state index in [2.05, 4.69) is 41.4 Å². The number of nitrogens with zero attached hydrogens (tertiary/aromatic N) is 10. The van der Waals surface area contributed by atoms with Crippen molar-refractivity contribution >= 4 is 36.8 Å². The molecule has 0 aliphatic carbocycles. The second-order valence-corrected chi connectivity index (χ2v) is 13.9. The summed E-state index contributed by atoms with van der Waals surface area (Å²) in [5, 5.41) is 36.4. The van der Waals surface area contributed by atoms with E-state index in [1.807, 2.05) is 97.1 Å². The third-order valence-corrected chi connectivity index (χ3v) is 9.61. The van der Waals surface area contributed by atoms with Gasteiger partial charge in [-0.2, -0.15) is 29.8 Å². The van der Waals surface area contributed by atoms with Gasteiger partial charge in [0.05, 0.1) is 51.3 Å². The summed E-state index contributed by atoms with van der Waals surface area (Å²) >= 11 is 0. The van der Waals surface area contributed by atoms with E-state index in [-0.39, 0.29) is 0 Å². The molecule has 60 heavy (non-hydrogen) atoms. The summed E-state index contributed by atoms with van der Waals surface area (Å²) in [5.41, 5.74) is 9.41. The Morgan fingerprint density at radius 2 is 0.750 bits per heavy atom. The van der Waals surface area contributed by atoms with Gasteiger partial charge in [-0.3, -0.25) is 0 Å². The Hall–Kier alpha value is -7.36. The molecule has 0 amide bonds. The fourth-order valence-corrected chi connectivity index (χ4v) is 6.45. The minimum Gasteiger partial charge on any atom is -0.493 e. The Labute approximate surface area is 347 Å². The molecular formula is C44H46N12O4. The predicted molar refractivity (Wildman–Crippen MR) is 231 cm³/mol. The molecule has 0 unspecified atom stereocenters. The zero-order valence-electron chi connectivity index (χ0n) is 33.1. The van der Waals surface area contributed by atoms with Crippen molar-refractivity contribution in [3.63, 3.8) is 0 Å². The Morgan fingerprint density at radius 3 is 1.12 bits per heavy atom. The monoisotopic (exact) mass is 806 g/mol. The average Bonchev–Trinajstić information content (AvgIpc) is 3.86. The molecule has 2 N–H and O–H groups in total. The lowest BCUT2D eigenvalue weighted by Crippen LogP contribution is -2.06. The second-order valence-electron chi connectivity index (χ2n) is 13.9. The van der Waals surface area contributed by atoms with Gasteiger partial charge in [0.15, 0.2) is 11.6 Å². The van der Waals surface area contributed by atoms with Crippen molar-refractivity contribution in [2.45, 2.75) is 51.4 Å². The van der Waals surface area contributed by atoms with Crippen molar-refractivity contribution < 1.29 is 18.9 Å². The van der Waals surface area contributed by atoms with Crippen LogP contribution < -0.4 is 29.8 Å². The number of unbranched alkanes of at least 4 members (excludes halogenated alkanes) is 1. The molecule has 4 aromatic carbocycles. The van der Waals surface area contributed by atoms with Crippen LogP contribution >= 0.6 is 0 Å². The maximum absolute atomic E-state index is 6.16. The number of aryl methyl sites for hydroxylation is 2. The van der Waals surface area contributed by atoms with Crippen LogP contribution in [-0.4, -0.2) is 81.0 Å². The summed E-state index contributed by atoms with van der Waals surface area (Å²) in [6.07, 6.45) is 12.9. The second kappa shape index (κ2) is 20.4. The zero-order valence-corrected chi connectivity index (χ0v) is 33.1. The molecule has 306 valence electrons. The average molecular weight is 807 g/mol. The van der Waals surface area contributed by atoms with Crippen LogP contribution in [0.5, 0.6) is 23.0 Å². The van der Waals surface area contributed by atoms with E-state index >= 15 is 0 Å². The molecule has 0 radical (unpaired) electrons. The molecule has 0 spiro atoms. The number of aromatic nitrogens is 6. The molecule has 16 heteroatoms. The molecule has 8 rings (SSSR count). The lowest BCUT2D eigenvalue weighted by molar-refractivity contribution is 0.266. The van der Waals surface area contributed by atoms with Crippen LogP contribution in [0.3, 0.4) is 0 Å². The van der Waals surface area contributed by atoms with E-state index in [4.69, 9.17) is 29.2 Å². The van der Waals surface area contributed by atoms with Gasteiger partial charge < -0.3 is 18.9 Å². The number of fused-ring (bicyclic) bond motifs is 6. The fraction of sp³-hybridized carbons (Fsp3) is 0.273. The number of hydrogen-bond acceptors (Lipinski definition) is 14. The molecule has 0 bridgehead atoms. The molecule has 4 heterocycles. The summed E-state index contributed by atoms with van der Waals surface area (Å²) in [5.74, 6) is 5.02. The van der Waals surface area contributed by atoms with Crippen LogP contribution in [0.2, 0.25) is 0 Å². The van der Waals surface area contributed by atoms with Gasteiger partial charge in [0.2, 0.25) is 0 Å². The third kappa shape index (κ3) is 10.4. The largest absolute Gasteiger partial charge is 0.493 e. The third-order valence-electron chi connectivity index (χ3n) is 9.61. The summed E-state index contributed by atoms with van der Waals surface area (Å²) in [6, 6.07) is 31.2. The number of anilines is 2. The highest BCUT2D eigenvalue weighted by Crippen LogP contribution is 2.22. The van der Waals surface area contributed by atoms with Crippen LogP contribution in [0.15, 0.2) is 117 Å². The maximum Gasteiger partial charge on any atom is 0.266 e. The summed E-state index contributed by atoms with van der Waals surface area (Å²) in [7, 11) is 0. The zero-order chi connectivity index (χ0) is 40.6. The van der Waals surface area contributed by atoms with Crippen LogP contribution in [0.25, 0.3) is 0 Å². The standard InChI is InChI=1S/C44H46N12O4/c1-5-19-37-33(15-1)29-45-51-43-53-49-41(55(43)47-31-35-17-3-7-21-39(35)59-27-13-11-25-57-37)23-9-10-24-42-50-54-44-52-46-30-34-16-2-6-20-38(34)58-26-12-14-28-60-40-22-8-4-18-36(40)32-48-56(42)44/h1-8,15-22,29-32H,9-14,23-28H2,(H,51,53)(H,52,54)/b45-29+,46-30+,47-31+,48-32+. The summed E-state index contributed by atoms with van der Waals surface area (Å²) in [4.78, 5) is 0. The molecule has 0 fully saturated rings. The van der Waals surface area contributed by atoms with E-state index in [1.165, 1.54) is 0 Å². The Bertz CT molecular complexity index is 2290. The SMILES string of the molecule is C1=N/Nc2nnc(CCCCc3nnc4n3/N=C/c3ccccc3OCCCCOc3ccccc3/C=N/N4)n2/N=C/c2ccccc2OCCCCOc2ccccc2/1. The Kier molecular flexibility index (Phi) is 13.4. The molecule has 0 saturated carbocycles. The van der Waals surface area contributed by atoms with Gasteiger partial charge in [-0.05, 0) is 87.1 Å². The van der Waals surface area contributed by atoms with Crippen molar-refractivity contribution in [2.75, 3.05) is 37.3 Å². The van der Waals surface area contributed by atoms with Crippen LogP contribution in [0.1, 0.15) is 72.4 Å². The topological polar surface area (TPSA) is 172 Å². The van der Waals surface area contributed by atoms with Crippen molar-refractivity contribution in [3.05, 3.63) is 131 Å². The van der Waals surface area contributed by atoms with E-state index < -0.39 is 0 Å². The lowest BCUT2D eigenvalue weighted by Gasteiger charge is -2.10. The van der Waals surface area contributed by atoms with Gasteiger partial charge in [-0.25, -0.2) is 10.9 Å². The van der Waals surface area contributed by atoms with Crippen molar-refractivity contribution in [2.24, 2.45) is 20.4 Å². The summed E-state index contributed by atoms with van der Waals surface area (Å²) < 4.78 is 27.8. The van der Waals surface area contributed by atoms with Crippen LogP contribution in [0.4, 0.5) is 11.9 Å². The number of nitrogens with one attached hydrogen (secondary N) is 2. The molecule has 2 aromatic heterocycles. The highest BCUT2D eigenvalue weighted by Gasteiger charge is 2.15. The lowest BCUT2D eigenvalue weighted by atomic mass is 10.2. The van der Waals surface area contributed by atoms with Gasteiger partial charge >= 0.3 is 0 Å². The Morgan fingerprint density at radius 1 is 0.417 bits per heavy atom. The minimum atomic E-state index is 0.365. The number of hydrogen-bond donors (Lipinski definition) is 2. The first-order chi connectivity index (χ1) is 29.8. The highest BCUT2D eigenvalue weighted by molar-refractivity contribution is 5.85. The summed E-state index contributed by atoms with van der Waals surface area (Å²) in [6.45, 7) is 2.24. The normalized spacial score (nSPS) is 16.7. The molecule has 0 saturated heterocycles. The van der Waals surface area contributed by atoms with Gasteiger partial charge in [0.25, 0.3) is 11.9 Å². The van der Waals surface area contributed by atoms with Crippen molar-refractivity contribution in [1.29, 1.82) is 0 Å². The first-order valence-corrected chi connectivity index (χ1v) is 20.2. The van der Waals surface area contributed by atoms with Gasteiger partial charge in [-0.15, -0.1) is 20.4 Å². The molecule has 2 aliphatic heterocycles. The molecule has 16 nitrogen and oxygen atoms in total. The van der Waals surface area contributed by atoms with Gasteiger partial charge in [0.1, 0.15) is 23.0 Å². The molecule has 6 aromatic rings. The van der Waals surface area contributed by atoms with E-state index in [0.29, 0.717) is 62.8 Å². The fourth-order valence-electron chi connectivity index (χ4n) is 6.45. The molecular weight excluding hydrogens is 761 g/mol. The van der Waals surface area contributed by atoms with Gasteiger partial charge in [0, 0.05) is 35.1 Å². The quantitative estimate of drug-likeness (QED) is 0.170. The minimum absolute atomic E-state index is 0.365. The van der Waals surface area contributed by atoms with Crippen LogP contribution in [0, 0.1) is 0 Å². The predicted octanol–water partition coefficient (Wildman–Crippen LogP) is 7.19. The van der Waals surface area contributed by atoms with E-state index in [1.54, 1.807) is 34.2 Å². The molecule has 2 aliphatic rings. The Balaban J connectivity index is 1.01. The number of para-hydroxylation sites is 4. The number of hydrazone groups is 2. The smallest absolute Gasteiger partial charge is 0.266 e. The van der Waals surface area contributed by atoms with E-state index in [0.717, 1.165) is 83.8 Å². The first kappa shape index (κ1) is 39.5. The van der Waals surface area contributed by atoms with Crippen LogP contribution in [-0.2, 0) is 12.8 Å². The number of rotatable bonds is 5.